The standard InChI is InChI=1S/C28H24N6O3/c1-29-26(35)19-6-2-7-20(15-19)33-28-31-14-12-25(34-28)37-22-10-11-23-18(16-22)5-3-9-24(23)27(36)32-21-8-4-13-30-17-21/h2-7,9-17,21H,8H2,1H3,(H,29,35)(H,32,36)(H,31,33,34). The van der Waals surface area contributed by atoms with E-state index in [9.17, 15) is 9.59 Å². The van der Waals surface area contributed by atoms with Gasteiger partial charge in [-0.2, -0.15) is 4.98 Å². The Balaban J connectivity index is 1.32. The molecule has 37 heavy (non-hydrogen) atoms. The molecule has 2 amide bonds. The number of fused-ring (bicyclic) bond motifs is 1. The SMILES string of the molecule is CNC(=O)c1cccc(Nc2nccc(Oc3ccc4c(C(=O)NC5C=NC=CC5)cccc4c3)n2)c1. The Morgan fingerprint density at radius 3 is 2.73 bits per heavy atom. The van der Waals surface area contributed by atoms with E-state index in [1.54, 1.807) is 62.1 Å². The van der Waals surface area contributed by atoms with Crippen LogP contribution in [0.1, 0.15) is 27.1 Å². The van der Waals surface area contributed by atoms with Crippen molar-refractivity contribution in [2.24, 2.45) is 4.99 Å². The molecule has 1 aliphatic rings. The van der Waals surface area contributed by atoms with E-state index in [4.69, 9.17) is 4.74 Å². The molecule has 9 nitrogen and oxygen atoms in total. The van der Waals surface area contributed by atoms with Crippen LogP contribution in [0.5, 0.6) is 11.6 Å². The second kappa shape index (κ2) is 10.7. The summed E-state index contributed by atoms with van der Waals surface area (Å²) < 4.78 is 5.99. The monoisotopic (exact) mass is 492 g/mol. The van der Waals surface area contributed by atoms with E-state index in [0.717, 1.165) is 10.8 Å². The lowest BCUT2D eigenvalue weighted by molar-refractivity contribution is 0.0945. The molecule has 0 aliphatic carbocycles. The number of ether oxygens (including phenoxy) is 1. The average Bonchev–Trinajstić information content (AvgIpc) is 2.93. The summed E-state index contributed by atoms with van der Waals surface area (Å²) in [7, 11) is 1.58. The fourth-order valence-corrected chi connectivity index (χ4v) is 3.94. The minimum Gasteiger partial charge on any atom is -0.439 e. The summed E-state index contributed by atoms with van der Waals surface area (Å²) in [5.41, 5.74) is 1.78. The topological polar surface area (TPSA) is 118 Å². The lowest BCUT2D eigenvalue weighted by atomic mass is 10.0. The molecule has 0 saturated heterocycles. The van der Waals surface area contributed by atoms with Gasteiger partial charge in [-0.25, -0.2) is 4.98 Å². The highest BCUT2D eigenvalue weighted by Crippen LogP contribution is 2.27. The number of carbonyl (C=O) groups is 2. The third kappa shape index (κ3) is 5.62. The molecule has 184 valence electrons. The third-order valence-corrected chi connectivity index (χ3v) is 5.72. The van der Waals surface area contributed by atoms with Gasteiger partial charge in [0.1, 0.15) is 5.75 Å². The number of hydrogen-bond acceptors (Lipinski definition) is 7. The predicted octanol–water partition coefficient (Wildman–Crippen LogP) is 4.61. The number of hydrogen-bond donors (Lipinski definition) is 3. The highest BCUT2D eigenvalue weighted by atomic mass is 16.5. The Morgan fingerprint density at radius 2 is 1.89 bits per heavy atom. The van der Waals surface area contributed by atoms with E-state index in [1.807, 2.05) is 36.4 Å². The van der Waals surface area contributed by atoms with Crippen LogP contribution in [-0.2, 0) is 0 Å². The summed E-state index contributed by atoms with van der Waals surface area (Å²) in [5.74, 6) is 0.905. The van der Waals surface area contributed by atoms with Gasteiger partial charge < -0.3 is 20.7 Å². The van der Waals surface area contributed by atoms with Gasteiger partial charge in [0.2, 0.25) is 11.8 Å². The summed E-state index contributed by atoms with van der Waals surface area (Å²) in [5, 5.41) is 10.4. The van der Waals surface area contributed by atoms with Gasteiger partial charge in [-0.05, 0) is 59.7 Å². The van der Waals surface area contributed by atoms with Gasteiger partial charge in [0.15, 0.2) is 0 Å². The zero-order chi connectivity index (χ0) is 25.6. The maximum absolute atomic E-state index is 12.9. The fraction of sp³-hybridized carbons (Fsp3) is 0.107. The number of benzene rings is 3. The van der Waals surface area contributed by atoms with Crippen LogP contribution in [0.25, 0.3) is 10.8 Å². The molecule has 3 aromatic carbocycles. The van der Waals surface area contributed by atoms with Crippen LogP contribution in [-0.4, -0.2) is 41.1 Å². The molecule has 4 aromatic rings. The largest absolute Gasteiger partial charge is 0.439 e. The minimum absolute atomic E-state index is 0.123. The lowest BCUT2D eigenvalue weighted by Crippen LogP contribution is -2.36. The van der Waals surface area contributed by atoms with E-state index in [-0.39, 0.29) is 17.9 Å². The summed E-state index contributed by atoms with van der Waals surface area (Å²) in [4.78, 5) is 37.5. The number of aliphatic imine (C=N–C) groups is 1. The van der Waals surface area contributed by atoms with Crippen LogP contribution in [0.4, 0.5) is 11.6 Å². The highest BCUT2D eigenvalue weighted by Gasteiger charge is 2.15. The molecule has 1 unspecified atom stereocenters. The molecule has 5 rings (SSSR count). The second-order valence-electron chi connectivity index (χ2n) is 8.29. The zero-order valence-corrected chi connectivity index (χ0v) is 20.0. The number of carbonyl (C=O) groups excluding carboxylic acids is 2. The number of amides is 2. The summed E-state index contributed by atoms with van der Waals surface area (Å²) in [6.45, 7) is 0. The maximum atomic E-state index is 12.9. The average molecular weight is 493 g/mol. The first-order valence-corrected chi connectivity index (χ1v) is 11.7. The van der Waals surface area contributed by atoms with Crippen LogP contribution in [0.3, 0.4) is 0 Å². The van der Waals surface area contributed by atoms with Crippen molar-refractivity contribution in [1.82, 2.24) is 20.6 Å². The van der Waals surface area contributed by atoms with Crippen molar-refractivity contribution in [3.05, 3.63) is 96.3 Å². The van der Waals surface area contributed by atoms with Crippen LogP contribution in [0.2, 0.25) is 0 Å². The minimum atomic E-state index is -0.182. The Morgan fingerprint density at radius 1 is 1.00 bits per heavy atom. The van der Waals surface area contributed by atoms with Crippen LogP contribution in [0, 0.1) is 0 Å². The van der Waals surface area contributed by atoms with Crippen molar-refractivity contribution >= 4 is 40.4 Å². The van der Waals surface area contributed by atoms with Gasteiger partial charge in [0, 0.05) is 48.5 Å². The summed E-state index contributed by atoms with van der Waals surface area (Å²) in [6, 6.07) is 19.6. The van der Waals surface area contributed by atoms with Gasteiger partial charge in [0.25, 0.3) is 11.8 Å². The smallest absolute Gasteiger partial charge is 0.252 e. The molecule has 0 spiro atoms. The first-order valence-electron chi connectivity index (χ1n) is 11.7. The summed E-state index contributed by atoms with van der Waals surface area (Å²) >= 11 is 0. The molecule has 0 radical (unpaired) electrons. The van der Waals surface area contributed by atoms with Gasteiger partial charge in [-0.1, -0.05) is 24.3 Å². The second-order valence-corrected chi connectivity index (χ2v) is 8.29. The molecule has 9 heteroatoms. The first kappa shape index (κ1) is 23.7. The lowest BCUT2D eigenvalue weighted by Gasteiger charge is -2.15. The molecule has 1 aliphatic heterocycles. The van der Waals surface area contributed by atoms with E-state index < -0.39 is 0 Å². The van der Waals surface area contributed by atoms with Crippen LogP contribution >= 0.6 is 0 Å². The molecular formula is C28H24N6O3. The highest BCUT2D eigenvalue weighted by molar-refractivity contribution is 6.08. The first-order chi connectivity index (χ1) is 18.1. The Bertz CT molecular complexity index is 1530. The normalized spacial score (nSPS) is 14.2. The fourth-order valence-electron chi connectivity index (χ4n) is 3.94. The van der Waals surface area contributed by atoms with E-state index in [1.165, 1.54) is 0 Å². The molecule has 0 bridgehead atoms. The predicted molar refractivity (Wildman–Crippen MR) is 143 cm³/mol. The van der Waals surface area contributed by atoms with Crippen molar-refractivity contribution in [2.45, 2.75) is 12.5 Å². The van der Waals surface area contributed by atoms with Crippen molar-refractivity contribution < 1.29 is 14.3 Å². The van der Waals surface area contributed by atoms with Crippen LogP contribution < -0.4 is 20.7 Å². The van der Waals surface area contributed by atoms with Gasteiger partial charge in [0.05, 0.1) is 6.04 Å². The van der Waals surface area contributed by atoms with Gasteiger partial charge in [-0.3, -0.25) is 14.6 Å². The van der Waals surface area contributed by atoms with E-state index in [2.05, 4.69) is 30.9 Å². The molecule has 1 aromatic heterocycles. The van der Waals surface area contributed by atoms with E-state index >= 15 is 0 Å². The van der Waals surface area contributed by atoms with E-state index in [0.29, 0.717) is 40.8 Å². The Kier molecular flexibility index (Phi) is 6.84. The summed E-state index contributed by atoms with van der Waals surface area (Å²) in [6.07, 6.45) is 7.68. The number of aromatic nitrogens is 2. The molecule has 2 heterocycles. The van der Waals surface area contributed by atoms with Gasteiger partial charge >= 0.3 is 0 Å². The third-order valence-electron chi connectivity index (χ3n) is 5.72. The van der Waals surface area contributed by atoms with Crippen LogP contribution in [0.15, 0.2) is 90.2 Å². The Labute approximate surface area is 213 Å². The maximum Gasteiger partial charge on any atom is 0.252 e. The molecule has 0 saturated carbocycles. The number of rotatable bonds is 7. The van der Waals surface area contributed by atoms with Crippen molar-refractivity contribution in [3.8, 4) is 11.6 Å². The molecular weight excluding hydrogens is 468 g/mol. The molecule has 1 atom stereocenters. The van der Waals surface area contributed by atoms with Crippen molar-refractivity contribution in [2.75, 3.05) is 12.4 Å². The van der Waals surface area contributed by atoms with Gasteiger partial charge in [-0.15, -0.1) is 0 Å². The number of nitrogens with one attached hydrogen (secondary N) is 3. The number of anilines is 2. The number of nitrogens with zero attached hydrogens (tertiary/aromatic N) is 3. The molecule has 3 N–H and O–H groups in total. The Hall–Kier alpha value is -5.05. The van der Waals surface area contributed by atoms with Crippen molar-refractivity contribution in [3.63, 3.8) is 0 Å². The zero-order valence-electron chi connectivity index (χ0n) is 20.0. The molecule has 0 fully saturated rings. The quantitative estimate of drug-likeness (QED) is 0.347. The van der Waals surface area contributed by atoms with Crippen molar-refractivity contribution in [1.29, 1.82) is 0 Å².